The topological polar surface area (TPSA) is 270 Å². The van der Waals surface area contributed by atoms with E-state index in [1.54, 1.807) is 18.2 Å². The predicted molar refractivity (Wildman–Crippen MR) is 147 cm³/mol. The highest BCUT2D eigenvalue weighted by atomic mass is 19.1. The number of Topliss-reactive ketones (excluding diaryl/α,β-unsaturated/α-hetero) is 1. The number of halogens is 1. The lowest BCUT2D eigenvalue weighted by Crippen LogP contribution is -2.57. The number of carbonyl (C=O) groups is 7. The number of hydrogen-bond acceptors (Lipinski definition) is 9. The van der Waals surface area contributed by atoms with E-state index >= 15 is 0 Å². The SMILES string of the molecule is COC(=O)[C@H](CCCN=C(N)N)NC(=O)[C@H](CC(=O)O)NC(=O)[C@H](CCC(=O)O)NC(=O)C(=O)C(F)Cc1ccccc1. The van der Waals surface area contributed by atoms with Crippen molar-refractivity contribution in [2.75, 3.05) is 13.7 Å². The van der Waals surface area contributed by atoms with Crippen molar-refractivity contribution in [3.8, 4) is 0 Å². The van der Waals surface area contributed by atoms with Crippen LogP contribution in [0.4, 0.5) is 4.39 Å². The van der Waals surface area contributed by atoms with Crippen LogP contribution in [-0.2, 0) is 44.7 Å². The lowest BCUT2D eigenvalue weighted by atomic mass is 10.0. The molecule has 17 heteroatoms. The lowest BCUT2D eigenvalue weighted by Gasteiger charge is -2.24. The Kier molecular flexibility index (Phi) is 15.3. The average Bonchev–Trinajstić information content (AvgIpc) is 2.95. The number of ether oxygens (including phenoxy) is 1. The van der Waals surface area contributed by atoms with Gasteiger partial charge in [-0.15, -0.1) is 0 Å². The summed E-state index contributed by atoms with van der Waals surface area (Å²) < 4.78 is 19.2. The molecule has 3 amide bonds. The molecule has 0 aliphatic carbocycles. The Morgan fingerprint density at radius 2 is 1.49 bits per heavy atom. The van der Waals surface area contributed by atoms with E-state index in [9.17, 15) is 43.1 Å². The van der Waals surface area contributed by atoms with E-state index in [1.165, 1.54) is 12.1 Å². The fourth-order valence-corrected chi connectivity index (χ4v) is 3.65. The first-order valence-corrected chi connectivity index (χ1v) is 12.9. The molecule has 0 radical (unpaired) electrons. The predicted octanol–water partition coefficient (Wildman–Crippen LogP) is -1.84. The third kappa shape index (κ3) is 13.9. The lowest BCUT2D eigenvalue weighted by molar-refractivity contribution is -0.146. The molecule has 16 nitrogen and oxygen atoms in total. The second-order valence-electron chi connectivity index (χ2n) is 9.17. The van der Waals surface area contributed by atoms with Gasteiger partial charge in [0.1, 0.15) is 18.1 Å². The highest BCUT2D eigenvalue weighted by Gasteiger charge is 2.33. The summed E-state index contributed by atoms with van der Waals surface area (Å²) in [6, 6.07) is 3.06. The molecule has 0 aliphatic rings. The van der Waals surface area contributed by atoms with E-state index in [1.807, 2.05) is 5.32 Å². The largest absolute Gasteiger partial charge is 0.481 e. The Morgan fingerprint density at radius 3 is 2.05 bits per heavy atom. The number of alkyl halides is 1. The summed E-state index contributed by atoms with van der Waals surface area (Å²) in [6.07, 6.45) is -4.81. The van der Waals surface area contributed by atoms with Crippen LogP contribution in [0.5, 0.6) is 0 Å². The second-order valence-corrected chi connectivity index (χ2v) is 9.17. The molecule has 0 aromatic heterocycles. The van der Waals surface area contributed by atoms with Gasteiger partial charge in [-0.25, -0.2) is 9.18 Å². The number of carboxylic acid groups (broad SMARTS) is 2. The Hall–Kier alpha value is -5.09. The maximum Gasteiger partial charge on any atom is 0.328 e. The van der Waals surface area contributed by atoms with Crippen LogP contribution in [0, 0.1) is 0 Å². The Morgan fingerprint density at radius 1 is 0.884 bits per heavy atom. The number of aliphatic carboxylic acids is 2. The van der Waals surface area contributed by atoms with Crippen molar-refractivity contribution >= 4 is 47.4 Å². The van der Waals surface area contributed by atoms with Gasteiger partial charge < -0.3 is 42.4 Å². The first kappa shape index (κ1) is 35.9. The molecular formula is C26H35FN6O10. The summed E-state index contributed by atoms with van der Waals surface area (Å²) in [4.78, 5) is 89.2. The van der Waals surface area contributed by atoms with Crippen molar-refractivity contribution < 1.29 is 52.9 Å². The molecule has 1 aromatic rings. The molecule has 1 aromatic carbocycles. The number of ketones is 1. The maximum absolute atomic E-state index is 14.5. The summed E-state index contributed by atoms with van der Waals surface area (Å²) in [5, 5.41) is 24.6. The minimum absolute atomic E-state index is 0.0320. The van der Waals surface area contributed by atoms with Gasteiger partial charge in [0, 0.05) is 19.4 Å². The van der Waals surface area contributed by atoms with E-state index < -0.39 is 91.4 Å². The molecule has 0 aliphatic heterocycles. The van der Waals surface area contributed by atoms with Gasteiger partial charge in [0.05, 0.1) is 13.5 Å². The van der Waals surface area contributed by atoms with Crippen molar-refractivity contribution in [1.82, 2.24) is 16.0 Å². The number of benzene rings is 1. The molecule has 43 heavy (non-hydrogen) atoms. The number of carbonyl (C=O) groups excluding carboxylic acids is 5. The number of rotatable bonds is 19. The standard InChI is InChI=1S/C26H35FN6O10/c1-43-25(42)17(8-5-11-30-26(28)29)32-23(40)18(13-20(36)37)33-22(39)16(9-10-19(34)35)31-24(41)21(38)15(27)12-14-6-3-2-4-7-14/h2-4,6-7,15-18H,5,8-13H2,1H3,(H,31,41)(H,32,40)(H,33,39)(H,34,35)(H,36,37)(H4,28,29,30)/t15?,16-,17-,18-/m0/s1. The van der Waals surface area contributed by atoms with Gasteiger partial charge >= 0.3 is 17.9 Å². The number of nitrogens with zero attached hydrogens (tertiary/aromatic N) is 1. The van der Waals surface area contributed by atoms with Gasteiger partial charge in [-0.05, 0) is 24.8 Å². The summed E-state index contributed by atoms with van der Waals surface area (Å²) in [6.45, 7) is 0.0930. The Bertz CT molecular complexity index is 1190. The van der Waals surface area contributed by atoms with Crippen LogP contribution in [0.25, 0.3) is 0 Å². The van der Waals surface area contributed by atoms with Crippen LogP contribution in [0.15, 0.2) is 35.3 Å². The van der Waals surface area contributed by atoms with Crippen LogP contribution < -0.4 is 27.4 Å². The van der Waals surface area contributed by atoms with Gasteiger partial charge in [-0.2, -0.15) is 0 Å². The van der Waals surface area contributed by atoms with E-state index in [0.717, 1.165) is 7.11 Å². The highest BCUT2D eigenvalue weighted by molar-refractivity contribution is 6.38. The van der Waals surface area contributed by atoms with Crippen LogP contribution >= 0.6 is 0 Å². The molecule has 0 bridgehead atoms. The number of nitrogens with one attached hydrogen (secondary N) is 3. The molecule has 9 N–H and O–H groups in total. The van der Waals surface area contributed by atoms with Gasteiger partial charge in [-0.1, -0.05) is 30.3 Å². The number of aliphatic imine (C=N–C) groups is 1. The third-order valence-electron chi connectivity index (χ3n) is 5.79. The maximum atomic E-state index is 14.5. The average molecular weight is 611 g/mol. The Labute approximate surface area is 245 Å². The molecule has 0 spiro atoms. The van der Waals surface area contributed by atoms with E-state index in [4.69, 9.17) is 16.6 Å². The number of guanidine groups is 1. The summed E-state index contributed by atoms with van der Waals surface area (Å²) in [5.74, 6) is -9.42. The molecule has 0 fully saturated rings. The molecule has 0 saturated heterocycles. The number of methoxy groups -OCH3 is 1. The number of esters is 1. The fourth-order valence-electron chi connectivity index (χ4n) is 3.65. The van der Waals surface area contributed by atoms with Crippen LogP contribution in [0.1, 0.15) is 37.7 Å². The van der Waals surface area contributed by atoms with E-state index in [0.29, 0.717) is 5.56 Å². The molecule has 0 heterocycles. The third-order valence-corrected chi connectivity index (χ3v) is 5.79. The van der Waals surface area contributed by atoms with Crippen molar-refractivity contribution in [2.24, 2.45) is 16.5 Å². The highest BCUT2D eigenvalue weighted by Crippen LogP contribution is 2.09. The molecule has 236 valence electrons. The number of carboxylic acids is 2. The molecule has 1 rings (SSSR count). The van der Waals surface area contributed by atoms with Crippen molar-refractivity contribution in [3.63, 3.8) is 0 Å². The zero-order chi connectivity index (χ0) is 32.5. The minimum Gasteiger partial charge on any atom is -0.481 e. The van der Waals surface area contributed by atoms with Crippen molar-refractivity contribution in [1.29, 1.82) is 0 Å². The van der Waals surface area contributed by atoms with E-state index in [-0.39, 0.29) is 25.3 Å². The fraction of sp³-hybridized carbons (Fsp3) is 0.462. The molecule has 1 unspecified atom stereocenters. The summed E-state index contributed by atoms with van der Waals surface area (Å²) >= 11 is 0. The van der Waals surface area contributed by atoms with Crippen LogP contribution in [0.3, 0.4) is 0 Å². The van der Waals surface area contributed by atoms with Gasteiger partial charge in [0.25, 0.3) is 11.7 Å². The monoisotopic (exact) mass is 610 g/mol. The first-order valence-electron chi connectivity index (χ1n) is 12.9. The first-order chi connectivity index (χ1) is 20.2. The zero-order valence-corrected chi connectivity index (χ0v) is 23.3. The molecule has 4 atom stereocenters. The van der Waals surface area contributed by atoms with Gasteiger partial charge in [0.15, 0.2) is 12.1 Å². The zero-order valence-electron chi connectivity index (χ0n) is 23.3. The normalized spacial score (nSPS) is 13.3. The smallest absolute Gasteiger partial charge is 0.328 e. The number of amides is 3. The van der Waals surface area contributed by atoms with E-state index in [2.05, 4.69) is 20.4 Å². The second kappa shape index (κ2) is 18.4. The summed E-state index contributed by atoms with van der Waals surface area (Å²) in [5.41, 5.74) is 10.9. The van der Waals surface area contributed by atoms with Crippen molar-refractivity contribution in [2.45, 2.75) is 62.8 Å². The van der Waals surface area contributed by atoms with Crippen LogP contribution in [-0.4, -0.2) is 95.5 Å². The van der Waals surface area contributed by atoms with Gasteiger partial charge in [-0.3, -0.25) is 33.8 Å². The van der Waals surface area contributed by atoms with Gasteiger partial charge in [0.2, 0.25) is 11.8 Å². The Balaban J connectivity index is 3.04. The van der Waals surface area contributed by atoms with Crippen LogP contribution in [0.2, 0.25) is 0 Å². The van der Waals surface area contributed by atoms with Crippen molar-refractivity contribution in [3.05, 3.63) is 35.9 Å². The molecular weight excluding hydrogens is 575 g/mol. The quantitative estimate of drug-likeness (QED) is 0.0299. The number of hydrogen-bond donors (Lipinski definition) is 7. The minimum atomic E-state index is -2.28. The number of nitrogens with two attached hydrogens (primary N) is 2. The molecule has 0 saturated carbocycles. The summed E-state index contributed by atoms with van der Waals surface area (Å²) in [7, 11) is 1.05.